The lowest BCUT2D eigenvalue weighted by atomic mass is 9.92. The SMILES string of the molecule is O=C(NC1CCCCC1)C1CCN(C(=O)c2ccc(Cl)cc2Cl)CC1. The molecular formula is C19H24Cl2N2O2. The molecule has 1 heterocycles. The van der Waals surface area contributed by atoms with Gasteiger partial charge in [-0.15, -0.1) is 0 Å². The average molecular weight is 383 g/mol. The summed E-state index contributed by atoms with van der Waals surface area (Å²) in [5.41, 5.74) is 0.469. The zero-order valence-electron chi connectivity index (χ0n) is 14.3. The molecule has 2 amide bonds. The van der Waals surface area contributed by atoms with Crippen LogP contribution in [0.3, 0.4) is 0 Å². The maximum absolute atomic E-state index is 12.6. The van der Waals surface area contributed by atoms with E-state index in [0.717, 1.165) is 12.8 Å². The van der Waals surface area contributed by atoms with Crippen LogP contribution in [0.2, 0.25) is 10.0 Å². The van der Waals surface area contributed by atoms with Crippen molar-refractivity contribution in [2.45, 2.75) is 51.0 Å². The van der Waals surface area contributed by atoms with Crippen LogP contribution in [0.25, 0.3) is 0 Å². The average Bonchev–Trinajstić information content (AvgIpc) is 2.62. The first-order chi connectivity index (χ1) is 12.0. The lowest BCUT2D eigenvalue weighted by Gasteiger charge is -2.33. The molecule has 1 aliphatic heterocycles. The Hall–Kier alpha value is -1.26. The fourth-order valence-electron chi connectivity index (χ4n) is 3.74. The zero-order chi connectivity index (χ0) is 17.8. The highest BCUT2D eigenvalue weighted by Gasteiger charge is 2.29. The monoisotopic (exact) mass is 382 g/mol. The molecule has 1 saturated heterocycles. The van der Waals surface area contributed by atoms with Crippen molar-refractivity contribution >= 4 is 35.0 Å². The number of carbonyl (C=O) groups is 2. The fourth-order valence-corrected chi connectivity index (χ4v) is 4.23. The molecule has 1 aliphatic carbocycles. The molecule has 2 fully saturated rings. The number of likely N-dealkylation sites (tertiary alicyclic amines) is 1. The van der Waals surface area contributed by atoms with Crippen molar-refractivity contribution < 1.29 is 9.59 Å². The van der Waals surface area contributed by atoms with E-state index in [1.54, 1.807) is 23.1 Å². The number of carbonyl (C=O) groups excluding carboxylic acids is 2. The van der Waals surface area contributed by atoms with Gasteiger partial charge in [-0.3, -0.25) is 9.59 Å². The molecule has 1 saturated carbocycles. The minimum Gasteiger partial charge on any atom is -0.353 e. The molecule has 1 N–H and O–H groups in total. The van der Waals surface area contributed by atoms with Crippen molar-refractivity contribution in [3.8, 4) is 0 Å². The van der Waals surface area contributed by atoms with Crippen molar-refractivity contribution in [2.24, 2.45) is 5.92 Å². The van der Waals surface area contributed by atoms with E-state index in [9.17, 15) is 9.59 Å². The Morgan fingerprint density at radius 3 is 2.32 bits per heavy atom. The molecule has 0 radical (unpaired) electrons. The quantitative estimate of drug-likeness (QED) is 0.846. The van der Waals surface area contributed by atoms with Gasteiger partial charge in [0, 0.05) is 30.1 Å². The minimum atomic E-state index is -0.0900. The van der Waals surface area contributed by atoms with Crippen LogP contribution in [0.5, 0.6) is 0 Å². The van der Waals surface area contributed by atoms with Gasteiger partial charge in [0.15, 0.2) is 0 Å². The predicted molar refractivity (Wildman–Crippen MR) is 100 cm³/mol. The fraction of sp³-hybridized carbons (Fsp3) is 0.579. The van der Waals surface area contributed by atoms with Crippen molar-refractivity contribution in [3.63, 3.8) is 0 Å². The van der Waals surface area contributed by atoms with Crippen LogP contribution in [-0.2, 0) is 4.79 Å². The van der Waals surface area contributed by atoms with E-state index < -0.39 is 0 Å². The third kappa shape index (κ3) is 4.68. The van der Waals surface area contributed by atoms with Crippen LogP contribution in [0.15, 0.2) is 18.2 Å². The van der Waals surface area contributed by atoms with Gasteiger partial charge in [-0.05, 0) is 43.9 Å². The topological polar surface area (TPSA) is 49.4 Å². The van der Waals surface area contributed by atoms with Gasteiger partial charge in [-0.1, -0.05) is 42.5 Å². The summed E-state index contributed by atoms with van der Waals surface area (Å²) in [7, 11) is 0. The molecule has 0 spiro atoms. The summed E-state index contributed by atoms with van der Waals surface area (Å²) in [6, 6.07) is 5.26. The Bertz CT molecular complexity index is 636. The summed E-state index contributed by atoms with van der Waals surface area (Å²) in [5.74, 6) is 0.0722. The van der Waals surface area contributed by atoms with Crippen molar-refractivity contribution in [3.05, 3.63) is 33.8 Å². The summed E-state index contributed by atoms with van der Waals surface area (Å²) < 4.78 is 0. The van der Waals surface area contributed by atoms with Crippen molar-refractivity contribution in [1.82, 2.24) is 10.2 Å². The van der Waals surface area contributed by atoms with Crippen LogP contribution < -0.4 is 5.32 Å². The van der Waals surface area contributed by atoms with Gasteiger partial charge in [0.05, 0.1) is 10.6 Å². The van der Waals surface area contributed by atoms with E-state index in [2.05, 4.69) is 5.32 Å². The van der Waals surface area contributed by atoms with E-state index in [-0.39, 0.29) is 17.7 Å². The highest BCUT2D eigenvalue weighted by molar-refractivity contribution is 6.36. The smallest absolute Gasteiger partial charge is 0.255 e. The van der Waals surface area contributed by atoms with E-state index in [1.165, 1.54) is 19.3 Å². The maximum Gasteiger partial charge on any atom is 0.255 e. The van der Waals surface area contributed by atoms with E-state index >= 15 is 0 Å². The van der Waals surface area contributed by atoms with Crippen LogP contribution in [0.1, 0.15) is 55.3 Å². The molecule has 4 nitrogen and oxygen atoms in total. The second-order valence-corrected chi connectivity index (χ2v) is 7.88. The van der Waals surface area contributed by atoms with Gasteiger partial charge in [0.2, 0.25) is 5.91 Å². The van der Waals surface area contributed by atoms with Gasteiger partial charge >= 0.3 is 0 Å². The summed E-state index contributed by atoms with van der Waals surface area (Å²) >= 11 is 12.0. The minimum absolute atomic E-state index is 0.00617. The third-order valence-corrected chi connectivity index (χ3v) is 5.81. The van der Waals surface area contributed by atoms with Gasteiger partial charge in [0.1, 0.15) is 0 Å². The highest BCUT2D eigenvalue weighted by atomic mass is 35.5. The molecule has 6 heteroatoms. The maximum atomic E-state index is 12.6. The lowest BCUT2D eigenvalue weighted by molar-refractivity contribution is -0.127. The molecule has 1 aromatic rings. The lowest BCUT2D eigenvalue weighted by Crippen LogP contribution is -2.45. The Balaban J connectivity index is 1.52. The van der Waals surface area contributed by atoms with Gasteiger partial charge in [-0.2, -0.15) is 0 Å². The van der Waals surface area contributed by atoms with Crippen LogP contribution in [0.4, 0.5) is 0 Å². The Kier molecular flexibility index (Phi) is 6.24. The second-order valence-electron chi connectivity index (χ2n) is 7.03. The molecule has 0 aromatic heterocycles. The molecule has 136 valence electrons. The highest BCUT2D eigenvalue weighted by Crippen LogP contribution is 2.25. The number of piperidine rings is 1. The molecule has 0 unspecified atom stereocenters. The first kappa shape index (κ1) is 18.5. The van der Waals surface area contributed by atoms with Crippen molar-refractivity contribution in [1.29, 1.82) is 0 Å². The number of hydrogen-bond donors (Lipinski definition) is 1. The van der Waals surface area contributed by atoms with Crippen LogP contribution in [0, 0.1) is 5.92 Å². The van der Waals surface area contributed by atoms with Crippen LogP contribution in [-0.4, -0.2) is 35.8 Å². The number of hydrogen-bond acceptors (Lipinski definition) is 2. The van der Waals surface area contributed by atoms with Gasteiger partial charge < -0.3 is 10.2 Å². The van der Waals surface area contributed by atoms with Gasteiger partial charge in [0.25, 0.3) is 5.91 Å². The standard InChI is InChI=1S/C19H24Cl2N2O2/c20-14-6-7-16(17(21)12-14)19(25)23-10-8-13(9-11-23)18(24)22-15-4-2-1-3-5-15/h6-7,12-13,15H,1-5,8-11H2,(H,22,24). The normalized spacial score (nSPS) is 19.7. The summed E-state index contributed by atoms with van der Waals surface area (Å²) in [6.07, 6.45) is 7.29. The predicted octanol–water partition coefficient (Wildman–Crippen LogP) is 4.29. The molecule has 2 aliphatic rings. The first-order valence-corrected chi connectivity index (χ1v) is 9.85. The Labute approximate surface area is 158 Å². The molecule has 0 bridgehead atoms. The number of halogens is 2. The summed E-state index contributed by atoms with van der Waals surface area (Å²) in [4.78, 5) is 26.9. The van der Waals surface area contributed by atoms with Crippen molar-refractivity contribution in [2.75, 3.05) is 13.1 Å². The van der Waals surface area contributed by atoms with Gasteiger partial charge in [-0.25, -0.2) is 0 Å². The molecule has 25 heavy (non-hydrogen) atoms. The van der Waals surface area contributed by atoms with E-state index in [1.807, 2.05) is 0 Å². The molecule has 0 atom stereocenters. The number of amides is 2. The summed E-state index contributed by atoms with van der Waals surface area (Å²) in [5, 5.41) is 4.09. The number of rotatable bonds is 3. The number of benzene rings is 1. The molecule has 3 rings (SSSR count). The zero-order valence-corrected chi connectivity index (χ0v) is 15.8. The third-order valence-electron chi connectivity index (χ3n) is 5.27. The largest absolute Gasteiger partial charge is 0.353 e. The number of nitrogens with one attached hydrogen (secondary N) is 1. The molecular weight excluding hydrogens is 359 g/mol. The number of nitrogens with zero attached hydrogens (tertiary/aromatic N) is 1. The molecule has 1 aromatic carbocycles. The first-order valence-electron chi connectivity index (χ1n) is 9.09. The van der Waals surface area contributed by atoms with E-state index in [0.29, 0.717) is 47.6 Å². The Morgan fingerprint density at radius 1 is 1.00 bits per heavy atom. The second kappa shape index (κ2) is 8.41. The van der Waals surface area contributed by atoms with E-state index in [4.69, 9.17) is 23.2 Å². The van der Waals surface area contributed by atoms with Crippen LogP contribution >= 0.6 is 23.2 Å². The summed E-state index contributed by atoms with van der Waals surface area (Å²) in [6.45, 7) is 1.17. The Morgan fingerprint density at radius 2 is 1.68 bits per heavy atom.